The van der Waals surface area contributed by atoms with Crippen LogP contribution in [-0.4, -0.2) is 41.1 Å². The first-order chi connectivity index (χ1) is 16.9. The second-order valence-electron chi connectivity index (χ2n) is 8.68. The predicted octanol–water partition coefficient (Wildman–Crippen LogP) is 5.04. The topological polar surface area (TPSA) is 84.3 Å². The van der Waals surface area contributed by atoms with Crippen LogP contribution in [0.2, 0.25) is 0 Å². The molecule has 1 aliphatic heterocycles. The first-order valence-electron chi connectivity index (χ1n) is 11.8. The molecule has 4 rings (SSSR count). The van der Waals surface area contributed by atoms with Crippen LogP contribution in [0, 0.1) is 0 Å². The van der Waals surface area contributed by atoms with E-state index in [1.165, 1.54) is 0 Å². The molecular formula is C27H31N3O5. The van der Waals surface area contributed by atoms with Crippen LogP contribution in [0.15, 0.2) is 65.3 Å². The Morgan fingerprint density at radius 2 is 1.80 bits per heavy atom. The van der Waals surface area contributed by atoms with Gasteiger partial charge in [0.2, 0.25) is 12.7 Å². The maximum atomic E-state index is 13.5. The van der Waals surface area contributed by atoms with E-state index in [1.807, 2.05) is 69.3 Å². The molecule has 0 saturated carbocycles. The van der Waals surface area contributed by atoms with E-state index in [9.17, 15) is 9.59 Å². The van der Waals surface area contributed by atoms with Crippen molar-refractivity contribution in [2.24, 2.45) is 0 Å². The van der Waals surface area contributed by atoms with Crippen molar-refractivity contribution in [3.63, 3.8) is 0 Å². The zero-order valence-corrected chi connectivity index (χ0v) is 20.3. The molecule has 1 N–H and O–H groups in total. The summed E-state index contributed by atoms with van der Waals surface area (Å²) in [7, 11) is 0. The summed E-state index contributed by atoms with van der Waals surface area (Å²) < 4.78 is 16.4. The van der Waals surface area contributed by atoms with Crippen LogP contribution in [0.1, 0.15) is 37.7 Å². The van der Waals surface area contributed by atoms with Gasteiger partial charge in [0, 0.05) is 18.3 Å². The maximum Gasteiger partial charge on any atom is 0.322 e. The van der Waals surface area contributed by atoms with E-state index in [0.717, 1.165) is 23.2 Å². The van der Waals surface area contributed by atoms with Crippen molar-refractivity contribution in [2.75, 3.05) is 18.7 Å². The molecule has 8 nitrogen and oxygen atoms in total. The SMILES string of the molecule is CCc1ccccc1NC(=O)N(CC(=O)N(Cc1ccc2c(c1)OCO2)Cc1ccco1)C(C)C. The monoisotopic (exact) mass is 477 g/mol. The third-order valence-corrected chi connectivity index (χ3v) is 5.92. The summed E-state index contributed by atoms with van der Waals surface area (Å²) in [6, 6.07) is 16.4. The summed E-state index contributed by atoms with van der Waals surface area (Å²) in [5, 5.41) is 2.98. The highest BCUT2D eigenvalue weighted by Crippen LogP contribution is 2.33. The summed E-state index contributed by atoms with van der Waals surface area (Å²) >= 11 is 0. The predicted molar refractivity (Wildman–Crippen MR) is 132 cm³/mol. The molecule has 0 spiro atoms. The van der Waals surface area contributed by atoms with Gasteiger partial charge >= 0.3 is 6.03 Å². The number of hydrogen-bond donors (Lipinski definition) is 1. The lowest BCUT2D eigenvalue weighted by molar-refractivity contribution is -0.133. The molecule has 8 heteroatoms. The fourth-order valence-corrected chi connectivity index (χ4v) is 3.95. The second kappa shape index (κ2) is 11.0. The van der Waals surface area contributed by atoms with Gasteiger partial charge in [-0.05, 0) is 61.7 Å². The smallest absolute Gasteiger partial charge is 0.322 e. The highest BCUT2D eigenvalue weighted by atomic mass is 16.7. The number of carbonyl (C=O) groups excluding carboxylic acids is 2. The van der Waals surface area contributed by atoms with Gasteiger partial charge in [0.05, 0.1) is 12.8 Å². The normalized spacial score (nSPS) is 12.0. The lowest BCUT2D eigenvalue weighted by Crippen LogP contribution is -2.47. The van der Waals surface area contributed by atoms with Gasteiger partial charge in [0.25, 0.3) is 0 Å². The number of para-hydroxylation sites is 1. The number of ether oxygens (including phenoxy) is 2. The summed E-state index contributed by atoms with van der Waals surface area (Å²) in [4.78, 5) is 29.9. The molecule has 0 aliphatic carbocycles. The number of fused-ring (bicyclic) bond motifs is 1. The standard InChI is InChI=1S/C27H31N3O5/c1-4-21-8-5-6-10-23(21)28-27(32)30(19(2)3)17-26(31)29(16-22-9-7-13-33-22)15-20-11-12-24-25(14-20)35-18-34-24/h5-14,19H,4,15-18H2,1-3H3,(H,28,32). The van der Waals surface area contributed by atoms with E-state index in [0.29, 0.717) is 23.8 Å². The average Bonchev–Trinajstić information content (AvgIpc) is 3.53. The van der Waals surface area contributed by atoms with E-state index < -0.39 is 0 Å². The lowest BCUT2D eigenvalue weighted by Gasteiger charge is -2.30. The Morgan fingerprint density at radius 1 is 1.00 bits per heavy atom. The van der Waals surface area contributed by atoms with Crippen LogP contribution in [0.5, 0.6) is 11.5 Å². The molecule has 1 aliphatic rings. The van der Waals surface area contributed by atoms with E-state index >= 15 is 0 Å². The zero-order valence-electron chi connectivity index (χ0n) is 20.3. The summed E-state index contributed by atoms with van der Waals surface area (Å²) in [6.07, 6.45) is 2.38. The Morgan fingerprint density at radius 3 is 2.54 bits per heavy atom. The van der Waals surface area contributed by atoms with Crippen molar-refractivity contribution in [3.05, 3.63) is 77.7 Å². The van der Waals surface area contributed by atoms with Gasteiger partial charge in [-0.2, -0.15) is 0 Å². The van der Waals surface area contributed by atoms with Crippen LogP contribution in [0.3, 0.4) is 0 Å². The quantitative estimate of drug-likeness (QED) is 0.467. The van der Waals surface area contributed by atoms with E-state index in [1.54, 1.807) is 22.1 Å². The molecule has 1 aromatic heterocycles. The highest BCUT2D eigenvalue weighted by Gasteiger charge is 2.25. The number of nitrogens with one attached hydrogen (secondary N) is 1. The number of anilines is 1. The molecule has 2 aromatic carbocycles. The minimum Gasteiger partial charge on any atom is -0.467 e. The summed E-state index contributed by atoms with van der Waals surface area (Å²) in [6.45, 7) is 6.57. The van der Waals surface area contributed by atoms with Crippen molar-refractivity contribution in [1.82, 2.24) is 9.80 Å². The lowest BCUT2D eigenvalue weighted by atomic mass is 10.1. The van der Waals surface area contributed by atoms with Crippen LogP contribution in [0.25, 0.3) is 0 Å². The van der Waals surface area contributed by atoms with Crippen molar-refractivity contribution < 1.29 is 23.5 Å². The number of benzene rings is 2. The Labute approximate surface area is 205 Å². The summed E-state index contributed by atoms with van der Waals surface area (Å²) in [5.74, 6) is 1.82. The molecule has 35 heavy (non-hydrogen) atoms. The summed E-state index contributed by atoms with van der Waals surface area (Å²) in [5.41, 5.74) is 2.69. The number of hydrogen-bond acceptors (Lipinski definition) is 5. The Hall–Kier alpha value is -3.94. The number of aryl methyl sites for hydroxylation is 1. The van der Waals surface area contributed by atoms with Crippen molar-refractivity contribution >= 4 is 17.6 Å². The molecule has 0 bridgehead atoms. The Bertz CT molecular complexity index is 1160. The number of carbonyl (C=O) groups is 2. The fraction of sp³-hybridized carbons (Fsp3) is 0.333. The van der Waals surface area contributed by atoms with Gasteiger partial charge in [0.15, 0.2) is 11.5 Å². The Balaban J connectivity index is 1.50. The maximum absolute atomic E-state index is 13.5. The van der Waals surface area contributed by atoms with Gasteiger partial charge in [-0.3, -0.25) is 4.79 Å². The number of furan rings is 1. The van der Waals surface area contributed by atoms with Gasteiger partial charge < -0.3 is 29.0 Å². The van der Waals surface area contributed by atoms with E-state index in [-0.39, 0.29) is 37.9 Å². The van der Waals surface area contributed by atoms with Crippen LogP contribution >= 0.6 is 0 Å². The van der Waals surface area contributed by atoms with Crippen molar-refractivity contribution in [3.8, 4) is 11.5 Å². The van der Waals surface area contributed by atoms with Gasteiger partial charge in [-0.15, -0.1) is 0 Å². The Kier molecular flexibility index (Phi) is 7.60. The number of nitrogens with zero attached hydrogens (tertiary/aromatic N) is 2. The largest absolute Gasteiger partial charge is 0.467 e. The molecular weight excluding hydrogens is 446 g/mol. The van der Waals surface area contributed by atoms with Crippen molar-refractivity contribution in [1.29, 1.82) is 0 Å². The molecule has 0 saturated heterocycles. The van der Waals surface area contributed by atoms with E-state index in [4.69, 9.17) is 13.9 Å². The van der Waals surface area contributed by atoms with Crippen LogP contribution in [-0.2, 0) is 24.3 Å². The zero-order chi connectivity index (χ0) is 24.8. The number of urea groups is 1. The molecule has 3 aromatic rings. The third-order valence-electron chi connectivity index (χ3n) is 5.92. The molecule has 2 heterocycles. The first-order valence-corrected chi connectivity index (χ1v) is 11.8. The van der Waals surface area contributed by atoms with Crippen LogP contribution < -0.4 is 14.8 Å². The molecule has 0 fully saturated rings. The molecule has 3 amide bonds. The first kappa shape index (κ1) is 24.2. The van der Waals surface area contributed by atoms with E-state index in [2.05, 4.69) is 5.32 Å². The molecule has 184 valence electrons. The van der Waals surface area contributed by atoms with Gasteiger partial charge in [-0.25, -0.2) is 4.79 Å². The number of amides is 3. The van der Waals surface area contributed by atoms with Gasteiger partial charge in [-0.1, -0.05) is 31.2 Å². The average molecular weight is 478 g/mol. The molecule has 0 unspecified atom stereocenters. The second-order valence-corrected chi connectivity index (χ2v) is 8.68. The molecule has 0 atom stereocenters. The minimum absolute atomic E-state index is 0.0664. The number of rotatable bonds is 9. The van der Waals surface area contributed by atoms with Crippen LogP contribution in [0.4, 0.5) is 10.5 Å². The molecule has 0 radical (unpaired) electrons. The minimum atomic E-state index is -0.310. The van der Waals surface area contributed by atoms with Crippen molar-refractivity contribution in [2.45, 2.75) is 46.3 Å². The highest BCUT2D eigenvalue weighted by molar-refractivity contribution is 5.93. The van der Waals surface area contributed by atoms with Gasteiger partial charge in [0.1, 0.15) is 12.3 Å². The third kappa shape index (κ3) is 5.95. The fourth-order valence-electron chi connectivity index (χ4n) is 3.95.